The summed E-state index contributed by atoms with van der Waals surface area (Å²) in [5.41, 5.74) is 6.36. The van der Waals surface area contributed by atoms with Crippen molar-refractivity contribution in [2.75, 3.05) is 27.2 Å². The monoisotopic (exact) mass is 865 g/mol. The van der Waals surface area contributed by atoms with Gasteiger partial charge in [0, 0.05) is 69.7 Å². The standard InChI is InChI=1S/C18H21N3O2.C9H8N2O3.C9H13N.C4H6O4.C2H3BO2.CH4.Na/c1-20(10-9-14-5-3-2-4-6-14)16-7-8-18-15(11-16)12-17(13-19-18)21(22)23;12-8-1-2-9-6(4-8)3-7(5-10-9)11(13)14;1-10-8-7-9-5-3-2-4-6-9;1-3(5)7-8-4(2)6;1-2(4)5-3;;/h2-6,12-13,16H,7-11H2,1H3;3,5H,1-2,4H2;2-6,10H,7-8H2,1H3;1-2H3;1H3;1H4;/q;;;;-1;;+1. The number of Topliss-reactive ketones (excluding diaryl/α,β-unsaturated/α-hetero) is 1. The number of nitrogens with one attached hydrogen (secondary N) is 1. The molecule has 2 aliphatic carbocycles. The molecule has 17 nitrogen and oxygen atoms in total. The fraction of sp³-hybridized carbons (Fsp3) is 0.395. The molecule has 62 heavy (non-hydrogen) atoms. The molecular weight excluding hydrogens is 810 g/mol. The zero-order valence-corrected chi connectivity index (χ0v) is 37.5. The number of ketones is 1. The summed E-state index contributed by atoms with van der Waals surface area (Å²) in [6.45, 7) is 5.57. The van der Waals surface area contributed by atoms with E-state index in [0.29, 0.717) is 24.4 Å². The minimum atomic E-state index is -0.639. The molecule has 19 heteroatoms. The number of pyridine rings is 2. The summed E-state index contributed by atoms with van der Waals surface area (Å²) >= 11 is 0. The Kier molecular flexibility index (Phi) is 28.7. The van der Waals surface area contributed by atoms with Gasteiger partial charge in [-0.2, -0.15) is 0 Å². The number of fused-ring (bicyclic) bond motifs is 2. The summed E-state index contributed by atoms with van der Waals surface area (Å²) in [4.78, 5) is 79.0. The van der Waals surface area contributed by atoms with Gasteiger partial charge in [-0.3, -0.25) is 39.8 Å². The summed E-state index contributed by atoms with van der Waals surface area (Å²) in [6, 6.07) is 24.5. The topological polar surface area (TPSA) is 223 Å². The Labute approximate surface area is 386 Å². The minimum Gasteiger partial charge on any atom is -0.793 e. The van der Waals surface area contributed by atoms with Gasteiger partial charge >= 0.3 is 41.5 Å². The number of benzene rings is 2. The molecule has 0 bridgehead atoms. The van der Waals surface area contributed by atoms with Crippen molar-refractivity contribution >= 4 is 43.1 Å². The van der Waals surface area contributed by atoms with Crippen molar-refractivity contribution in [1.29, 1.82) is 0 Å². The third-order valence-electron chi connectivity index (χ3n) is 8.88. The molecule has 0 aliphatic heterocycles. The number of likely N-dealkylation sites (N-methyl/N-ethyl adjacent to an activating group) is 2. The number of nitro groups is 2. The van der Waals surface area contributed by atoms with E-state index in [1.165, 1.54) is 36.5 Å². The molecule has 2 aromatic heterocycles. The van der Waals surface area contributed by atoms with E-state index in [1.54, 1.807) is 6.07 Å². The molecule has 0 fully saturated rings. The second-order valence-corrected chi connectivity index (χ2v) is 13.5. The first-order valence-corrected chi connectivity index (χ1v) is 19.0. The Morgan fingerprint density at radius 2 is 1.26 bits per heavy atom. The van der Waals surface area contributed by atoms with E-state index in [1.807, 2.05) is 19.2 Å². The number of hydrogen-bond donors (Lipinski definition) is 1. The molecule has 3 radical (unpaired) electrons. The van der Waals surface area contributed by atoms with Gasteiger partial charge in [-0.05, 0) is 81.4 Å². The van der Waals surface area contributed by atoms with Gasteiger partial charge in [0.15, 0.2) is 0 Å². The Morgan fingerprint density at radius 3 is 1.71 bits per heavy atom. The summed E-state index contributed by atoms with van der Waals surface area (Å²) in [6.07, 6.45) is 8.94. The van der Waals surface area contributed by atoms with E-state index in [2.05, 4.69) is 98.2 Å². The zero-order valence-electron chi connectivity index (χ0n) is 35.5. The van der Waals surface area contributed by atoms with Crippen LogP contribution in [0.25, 0.3) is 0 Å². The molecule has 2 heterocycles. The maximum absolute atomic E-state index is 11.1. The molecule has 2 aliphatic rings. The van der Waals surface area contributed by atoms with Gasteiger partial charge < -0.3 is 22.9 Å². The van der Waals surface area contributed by atoms with Gasteiger partial charge in [-0.25, -0.2) is 19.4 Å². The maximum atomic E-state index is 11.1. The van der Waals surface area contributed by atoms with Crippen molar-refractivity contribution in [2.24, 2.45) is 0 Å². The Balaban J connectivity index is 0.000000821. The normalized spacial score (nSPS) is 12.8. The van der Waals surface area contributed by atoms with E-state index >= 15 is 0 Å². The molecular formula is C43H55BN6NaO11. The summed E-state index contributed by atoms with van der Waals surface area (Å²) in [5.74, 6) is -1.62. The summed E-state index contributed by atoms with van der Waals surface area (Å²) in [7, 11) is 8.44. The summed E-state index contributed by atoms with van der Waals surface area (Å²) in [5, 5.41) is 24.5. The number of aryl methyl sites for hydroxylation is 2. The van der Waals surface area contributed by atoms with Crippen molar-refractivity contribution in [3.05, 3.63) is 139 Å². The van der Waals surface area contributed by atoms with Crippen LogP contribution in [0.2, 0.25) is 0 Å². The fourth-order valence-electron chi connectivity index (χ4n) is 5.79. The predicted octanol–water partition coefficient (Wildman–Crippen LogP) is 2.82. The van der Waals surface area contributed by atoms with Crippen LogP contribution in [0.5, 0.6) is 0 Å². The quantitative estimate of drug-likeness (QED) is 0.111. The van der Waals surface area contributed by atoms with Gasteiger partial charge in [0.25, 0.3) is 11.4 Å². The smallest absolute Gasteiger partial charge is 0.793 e. The van der Waals surface area contributed by atoms with Gasteiger partial charge in [-0.1, -0.05) is 68.1 Å². The molecule has 0 amide bonds. The first kappa shape index (κ1) is 56.6. The van der Waals surface area contributed by atoms with Crippen LogP contribution in [0.4, 0.5) is 11.4 Å². The van der Waals surface area contributed by atoms with Crippen molar-refractivity contribution < 1.29 is 73.0 Å². The molecule has 1 unspecified atom stereocenters. The number of nitrogens with zero attached hydrogens (tertiary/aromatic N) is 5. The van der Waals surface area contributed by atoms with Gasteiger partial charge in [0.1, 0.15) is 18.2 Å². The molecule has 0 spiro atoms. The van der Waals surface area contributed by atoms with E-state index in [4.69, 9.17) is 0 Å². The number of hydrogen-bond acceptors (Lipinski definition) is 15. The van der Waals surface area contributed by atoms with Crippen LogP contribution in [0.3, 0.4) is 0 Å². The van der Waals surface area contributed by atoms with E-state index in [9.17, 15) is 39.4 Å². The molecule has 2 aromatic carbocycles. The van der Waals surface area contributed by atoms with E-state index < -0.39 is 22.8 Å². The first-order valence-electron chi connectivity index (χ1n) is 19.0. The Bertz CT molecular complexity index is 2000. The predicted molar refractivity (Wildman–Crippen MR) is 229 cm³/mol. The third kappa shape index (κ3) is 23.0. The molecule has 327 valence electrons. The van der Waals surface area contributed by atoms with Crippen LogP contribution < -0.4 is 34.9 Å². The average Bonchev–Trinajstić information content (AvgIpc) is 3.25. The van der Waals surface area contributed by atoms with Crippen LogP contribution in [0.1, 0.15) is 74.7 Å². The van der Waals surface area contributed by atoms with Crippen LogP contribution in [-0.2, 0) is 72.1 Å². The molecule has 4 aromatic rings. The Morgan fingerprint density at radius 1 is 0.790 bits per heavy atom. The minimum absolute atomic E-state index is 0. The average molecular weight is 866 g/mol. The molecule has 1 N–H and O–H groups in total. The van der Waals surface area contributed by atoms with Gasteiger partial charge in [-0.15, -0.1) is 0 Å². The van der Waals surface area contributed by atoms with Crippen molar-refractivity contribution in [2.45, 2.75) is 85.6 Å². The van der Waals surface area contributed by atoms with Crippen molar-refractivity contribution in [1.82, 2.24) is 20.2 Å². The molecule has 0 saturated heterocycles. The maximum Gasteiger partial charge on any atom is 1.00 e. The second kappa shape index (κ2) is 31.5. The number of rotatable bonds is 9. The van der Waals surface area contributed by atoms with E-state index in [-0.39, 0.29) is 65.5 Å². The van der Waals surface area contributed by atoms with Crippen LogP contribution in [-0.4, -0.2) is 89.7 Å². The largest absolute Gasteiger partial charge is 1.00 e. The zero-order chi connectivity index (χ0) is 44.5. The van der Waals surface area contributed by atoms with Gasteiger partial charge in [0.05, 0.1) is 9.85 Å². The molecule has 0 saturated carbocycles. The fourth-order valence-corrected chi connectivity index (χ4v) is 5.79. The molecule has 1 atom stereocenters. The SMILES string of the molecule is C.CC(=O)OOC(C)=O.CN(CCc1ccccc1)C1CCc2ncc([N+](=O)[O-])cc2C1.CNCCc1ccccc1.O=C1CCc2ncc([N+](=O)[O-])cc2C1.[B-]OC(C)=O.[Na+]. The second-order valence-electron chi connectivity index (χ2n) is 13.5. The van der Waals surface area contributed by atoms with Crippen molar-refractivity contribution in [3.63, 3.8) is 0 Å². The first-order chi connectivity index (χ1) is 28.6. The number of aromatic nitrogens is 2. The van der Waals surface area contributed by atoms with Crippen LogP contribution in [0, 0.1) is 20.2 Å². The number of carbonyl (C=O) groups is 4. The third-order valence-corrected chi connectivity index (χ3v) is 8.88. The summed E-state index contributed by atoms with van der Waals surface area (Å²) < 4.78 is 3.61. The van der Waals surface area contributed by atoms with E-state index in [0.717, 1.165) is 76.0 Å². The Hall–Kier alpha value is -5.40. The number of carbonyl (C=O) groups excluding carboxylic acids is 4. The molecule has 6 rings (SSSR count). The van der Waals surface area contributed by atoms with Crippen LogP contribution in [0.15, 0.2) is 85.2 Å². The van der Waals surface area contributed by atoms with Crippen LogP contribution >= 0.6 is 0 Å². The van der Waals surface area contributed by atoms with Crippen molar-refractivity contribution in [3.8, 4) is 0 Å². The van der Waals surface area contributed by atoms with Gasteiger partial charge in [0.2, 0.25) is 5.97 Å².